The number of aliphatic hydroxyl groups excluding tert-OH is 2. The zero-order valence-electron chi connectivity index (χ0n) is 8.05. The molecule has 1 aromatic rings. The fraction of sp³-hybridized carbons (Fsp3) is 0.400. The Hall–Kier alpha value is -1.10. The zero-order valence-corrected chi connectivity index (χ0v) is 8.05. The van der Waals surface area contributed by atoms with E-state index >= 15 is 0 Å². The van der Waals surface area contributed by atoms with Gasteiger partial charge in [-0.25, -0.2) is 0 Å². The van der Waals surface area contributed by atoms with Gasteiger partial charge in [-0.1, -0.05) is 12.1 Å². The first-order chi connectivity index (χ1) is 6.69. The summed E-state index contributed by atoms with van der Waals surface area (Å²) in [7, 11) is 1.55. The van der Waals surface area contributed by atoms with Gasteiger partial charge in [0, 0.05) is 0 Å². The Morgan fingerprint density at radius 2 is 2.21 bits per heavy atom. The van der Waals surface area contributed by atoms with Crippen LogP contribution in [-0.2, 0) is 0 Å². The van der Waals surface area contributed by atoms with Gasteiger partial charge in [-0.3, -0.25) is 0 Å². The lowest BCUT2D eigenvalue weighted by atomic mass is 10.0. The molecule has 4 nitrogen and oxygen atoms in total. The molecule has 0 radical (unpaired) electrons. The number of hydrogen-bond acceptors (Lipinski definition) is 4. The number of methoxy groups -OCH3 is 1. The second kappa shape index (κ2) is 4.95. The van der Waals surface area contributed by atoms with Gasteiger partial charge in [0.1, 0.15) is 5.75 Å². The van der Waals surface area contributed by atoms with Gasteiger partial charge in [0.25, 0.3) is 0 Å². The summed E-state index contributed by atoms with van der Waals surface area (Å²) in [5, 5.41) is 18.4. The van der Waals surface area contributed by atoms with Crippen LogP contribution in [0.25, 0.3) is 0 Å². The molecule has 14 heavy (non-hydrogen) atoms. The van der Waals surface area contributed by atoms with E-state index in [1.54, 1.807) is 31.4 Å². The van der Waals surface area contributed by atoms with E-state index in [0.717, 1.165) is 0 Å². The first-order valence-corrected chi connectivity index (χ1v) is 4.37. The highest BCUT2D eigenvalue weighted by molar-refractivity contribution is 5.30. The van der Waals surface area contributed by atoms with Gasteiger partial charge in [-0.15, -0.1) is 0 Å². The summed E-state index contributed by atoms with van der Waals surface area (Å²) in [6, 6.07) is 6.31. The fourth-order valence-corrected chi connectivity index (χ4v) is 1.17. The van der Waals surface area contributed by atoms with Crippen LogP contribution in [0.4, 0.5) is 0 Å². The molecule has 1 aromatic carbocycles. The number of ether oxygens (including phenoxy) is 1. The predicted octanol–water partition coefficient (Wildman–Crippen LogP) is 0.0482. The minimum atomic E-state index is -0.866. The van der Waals surface area contributed by atoms with Gasteiger partial charge >= 0.3 is 0 Å². The summed E-state index contributed by atoms with van der Waals surface area (Å²) in [4.78, 5) is 0. The predicted molar refractivity (Wildman–Crippen MR) is 53.0 cm³/mol. The van der Waals surface area contributed by atoms with Crippen molar-refractivity contribution >= 4 is 0 Å². The second-order valence-electron chi connectivity index (χ2n) is 3.07. The van der Waals surface area contributed by atoms with Gasteiger partial charge in [0.2, 0.25) is 0 Å². The Morgan fingerprint density at radius 3 is 2.79 bits per heavy atom. The molecular weight excluding hydrogens is 182 g/mol. The molecular formula is C10H15NO3. The van der Waals surface area contributed by atoms with Crippen LogP contribution in [0, 0.1) is 0 Å². The maximum Gasteiger partial charge on any atom is 0.119 e. The van der Waals surface area contributed by atoms with E-state index in [1.165, 1.54) is 0 Å². The van der Waals surface area contributed by atoms with E-state index in [1.807, 2.05) is 0 Å². The first kappa shape index (κ1) is 11.0. The fourth-order valence-electron chi connectivity index (χ4n) is 1.17. The third kappa shape index (κ3) is 2.45. The quantitative estimate of drug-likeness (QED) is 0.637. The standard InChI is InChI=1S/C10H15NO3/c1-14-8-4-2-3-7(5-8)10(13)9(11)6-12/h2-5,9-10,12-13H,6,11H2,1H3. The molecule has 0 saturated carbocycles. The topological polar surface area (TPSA) is 75.7 Å². The van der Waals surface area contributed by atoms with E-state index < -0.39 is 12.1 Å². The van der Waals surface area contributed by atoms with Crippen molar-refractivity contribution in [2.24, 2.45) is 5.73 Å². The molecule has 0 bridgehead atoms. The summed E-state index contributed by atoms with van der Waals surface area (Å²) in [6.07, 6.45) is -0.866. The van der Waals surface area contributed by atoms with E-state index in [9.17, 15) is 5.11 Å². The summed E-state index contributed by atoms with van der Waals surface area (Å²) >= 11 is 0. The number of hydrogen-bond donors (Lipinski definition) is 3. The van der Waals surface area contributed by atoms with Crippen LogP contribution in [0.5, 0.6) is 5.75 Å². The zero-order chi connectivity index (χ0) is 10.6. The third-order valence-electron chi connectivity index (χ3n) is 2.05. The van der Waals surface area contributed by atoms with E-state index in [0.29, 0.717) is 11.3 Å². The SMILES string of the molecule is COc1cccc(C(O)C(N)CO)c1. The highest BCUT2D eigenvalue weighted by Gasteiger charge is 2.15. The maximum absolute atomic E-state index is 9.67. The van der Waals surface area contributed by atoms with Crippen LogP contribution in [0.1, 0.15) is 11.7 Å². The molecule has 2 atom stereocenters. The Bertz CT molecular complexity index is 290. The van der Waals surface area contributed by atoms with Crippen LogP contribution in [0.3, 0.4) is 0 Å². The van der Waals surface area contributed by atoms with Gasteiger partial charge in [0.15, 0.2) is 0 Å². The minimum Gasteiger partial charge on any atom is -0.497 e. The van der Waals surface area contributed by atoms with Gasteiger partial charge in [-0.2, -0.15) is 0 Å². The van der Waals surface area contributed by atoms with Crippen molar-refractivity contribution in [3.05, 3.63) is 29.8 Å². The first-order valence-electron chi connectivity index (χ1n) is 4.37. The molecule has 0 amide bonds. The highest BCUT2D eigenvalue weighted by atomic mass is 16.5. The molecule has 0 heterocycles. The van der Waals surface area contributed by atoms with Crippen molar-refractivity contribution in [1.82, 2.24) is 0 Å². The molecule has 4 N–H and O–H groups in total. The van der Waals surface area contributed by atoms with E-state index in [4.69, 9.17) is 15.6 Å². The second-order valence-corrected chi connectivity index (χ2v) is 3.07. The van der Waals surface area contributed by atoms with E-state index in [2.05, 4.69) is 0 Å². The molecule has 2 unspecified atom stereocenters. The minimum absolute atomic E-state index is 0.252. The van der Waals surface area contributed by atoms with Crippen molar-refractivity contribution in [2.75, 3.05) is 13.7 Å². The van der Waals surface area contributed by atoms with Crippen LogP contribution in [0.2, 0.25) is 0 Å². The Morgan fingerprint density at radius 1 is 1.50 bits per heavy atom. The molecule has 0 aliphatic carbocycles. The van der Waals surface area contributed by atoms with E-state index in [-0.39, 0.29) is 6.61 Å². The number of rotatable bonds is 4. The average molecular weight is 197 g/mol. The molecule has 0 spiro atoms. The Balaban J connectivity index is 2.83. The normalized spacial score (nSPS) is 14.9. The lowest BCUT2D eigenvalue weighted by Crippen LogP contribution is -2.31. The Kier molecular flexibility index (Phi) is 3.88. The van der Waals surface area contributed by atoms with Crippen LogP contribution < -0.4 is 10.5 Å². The lowest BCUT2D eigenvalue weighted by molar-refractivity contribution is 0.109. The van der Waals surface area contributed by atoms with Crippen LogP contribution in [0.15, 0.2) is 24.3 Å². The van der Waals surface area contributed by atoms with Crippen molar-refractivity contribution in [2.45, 2.75) is 12.1 Å². The lowest BCUT2D eigenvalue weighted by Gasteiger charge is -2.17. The van der Waals surface area contributed by atoms with Crippen LogP contribution >= 0.6 is 0 Å². The summed E-state index contributed by atoms with van der Waals surface area (Å²) < 4.78 is 5.00. The molecule has 78 valence electrons. The molecule has 0 fully saturated rings. The van der Waals surface area contributed by atoms with Gasteiger partial charge < -0.3 is 20.7 Å². The average Bonchev–Trinajstić information content (AvgIpc) is 2.27. The molecule has 1 rings (SSSR count). The van der Waals surface area contributed by atoms with Gasteiger partial charge in [0.05, 0.1) is 25.9 Å². The van der Waals surface area contributed by atoms with Crippen molar-refractivity contribution in [1.29, 1.82) is 0 Å². The third-order valence-corrected chi connectivity index (χ3v) is 2.05. The highest BCUT2D eigenvalue weighted by Crippen LogP contribution is 2.20. The number of nitrogens with two attached hydrogens (primary N) is 1. The van der Waals surface area contributed by atoms with Crippen molar-refractivity contribution < 1.29 is 14.9 Å². The van der Waals surface area contributed by atoms with Crippen molar-refractivity contribution in [3.8, 4) is 5.75 Å². The molecule has 4 heteroatoms. The molecule has 0 aromatic heterocycles. The van der Waals surface area contributed by atoms with Gasteiger partial charge in [-0.05, 0) is 17.7 Å². The molecule has 0 saturated heterocycles. The Labute approximate surface area is 82.9 Å². The smallest absolute Gasteiger partial charge is 0.119 e. The van der Waals surface area contributed by atoms with Crippen LogP contribution in [-0.4, -0.2) is 30.0 Å². The summed E-state index contributed by atoms with van der Waals surface area (Å²) in [5.41, 5.74) is 6.14. The number of aliphatic hydroxyl groups is 2. The maximum atomic E-state index is 9.67. The summed E-state index contributed by atoms with van der Waals surface area (Å²) in [6.45, 7) is -0.252. The van der Waals surface area contributed by atoms with Crippen molar-refractivity contribution in [3.63, 3.8) is 0 Å². The molecule has 0 aliphatic rings. The monoisotopic (exact) mass is 197 g/mol. The largest absolute Gasteiger partial charge is 0.497 e. The summed E-state index contributed by atoms with van der Waals surface area (Å²) in [5.74, 6) is 0.659. The number of benzene rings is 1. The molecule has 0 aliphatic heterocycles.